The predicted molar refractivity (Wildman–Crippen MR) is 178 cm³/mol. The van der Waals surface area contributed by atoms with E-state index in [-0.39, 0.29) is 11.9 Å². The Labute approximate surface area is 271 Å². The Morgan fingerprint density at radius 1 is 0.841 bits per heavy atom. The van der Waals surface area contributed by atoms with Crippen LogP contribution in [-0.4, -0.2) is 56.3 Å². The maximum atomic E-state index is 12.0. The number of halogens is 2. The van der Waals surface area contributed by atoms with E-state index in [1.54, 1.807) is 0 Å². The van der Waals surface area contributed by atoms with Crippen molar-refractivity contribution in [3.05, 3.63) is 106 Å². The van der Waals surface area contributed by atoms with Crippen molar-refractivity contribution in [3.8, 4) is 5.75 Å². The molecule has 0 saturated carbocycles. The third kappa shape index (κ3) is 12.4. The number of carbonyl (C=O) groups excluding carboxylic acids is 2. The van der Waals surface area contributed by atoms with Crippen molar-refractivity contribution < 1.29 is 23.8 Å². The van der Waals surface area contributed by atoms with Gasteiger partial charge in [-0.15, -0.1) is 0 Å². The first-order chi connectivity index (χ1) is 20.9. The highest BCUT2D eigenvalue weighted by Gasteiger charge is 2.18. The number of ether oxygens (including phenoxy) is 3. The van der Waals surface area contributed by atoms with E-state index < -0.39 is 11.6 Å². The molecule has 0 atom stereocenters. The summed E-state index contributed by atoms with van der Waals surface area (Å²) in [6.07, 6.45) is 3.88. The van der Waals surface area contributed by atoms with Gasteiger partial charge >= 0.3 is 11.9 Å². The fraction of sp³-hybridized carbons (Fsp3) is 0.389. The molecular formula is C36H43Cl2NO5. The number of hydrogen-bond donors (Lipinski definition) is 0. The number of unbranched alkanes of at least 4 members (excludes halogenated alkanes) is 1. The zero-order valence-electron chi connectivity index (χ0n) is 26.3. The van der Waals surface area contributed by atoms with Crippen molar-refractivity contribution in [2.24, 2.45) is 0 Å². The average molecular weight is 641 g/mol. The quantitative estimate of drug-likeness (QED) is 0.0942. The lowest BCUT2D eigenvalue weighted by molar-refractivity contribution is -0.155. The third-order valence-electron chi connectivity index (χ3n) is 7.00. The molecule has 0 N–H and O–H groups in total. The maximum absolute atomic E-state index is 12.0. The Bertz CT molecular complexity index is 1320. The van der Waals surface area contributed by atoms with E-state index in [2.05, 4.69) is 36.2 Å². The smallest absolute Gasteiger partial charge is 0.330 e. The molecule has 8 heteroatoms. The first-order valence-electron chi connectivity index (χ1n) is 14.9. The minimum atomic E-state index is -0.497. The Morgan fingerprint density at radius 3 is 1.91 bits per heavy atom. The molecule has 0 saturated heterocycles. The Hall–Kier alpha value is -3.32. The molecule has 0 heterocycles. The third-order valence-corrected chi connectivity index (χ3v) is 7.50. The summed E-state index contributed by atoms with van der Waals surface area (Å²) in [5, 5.41) is 1.42. The van der Waals surface area contributed by atoms with Gasteiger partial charge in [0.15, 0.2) is 0 Å². The van der Waals surface area contributed by atoms with Gasteiger partial charge in [0, 0.05) is 41.5 Å². The summed E-state index contributed by atoms with van der Waals surface area (Å²) in [4.78, 5) is 26.3. The molecule has 0 aromatic heterocycles. The van der Waals surface area contributed by atoms with E-state index in [0.717, 1.165) is 36.4 Å². The molecule has 0 aliphatic rings. The monoisotopic (exact) mass is 639 g/mol. The molecule has 236 valence electrons. The topological polar surface area (TPSA) is 65.1 Å². The van der Waals surface area contributed by atoms with E-state index in [1.165, 1.54) is 24.3 Å². The Balaban J connectivity index is 1.55. The number of likely N-dealkylation sites (N-methyl/N-ethyl adjacent to an activating group) is 1. The van der Waals surface area contributed by atoms with Crippen LogP contribution in [0, 0.1) is 0 Å². The second kappa shape index (κ2) is 17.2. The lowest BCUT2D eigenvalue weighted by atomic mass is 9.91. The Kier molecular flexibility index (Phi) is 13.8. The first-order valence-corrected chi connectivity index (χ1v) is 15.6. The SMILES string of the molecule is COC(=O)/C=C(\CCCCC(=O)OC(C)(C)C)c1ccc(OCCN(C)CC(c2ccc(Cl)cc2)c2ccc(Cl)cc2)cc1. The molecule has 0 radical (unpaired) electrons. The number of benzene rings is 3. The van der Waals surface area contributed by atoms with Crippen molar-refractivity contribution in [2.75, 3.05) is 33.9 Å². The summed E-state index contributed by atoms with van der Waals surface area (Å²) in [5.74, 6) is 0.272. The Morgan fingerprint density at radius 2 is 1.39 bits per heavy atom. The van der Waals surface area contributed by atoms with E-state index in [4.69, 9.17) is 37.4 Å². The van der Waals surface area contributed by atoms with Crippen LogP contribution in [0.25, 0.3) is 5.57 Å². The van der Waals surface area contributed by atoms with Crippen LogP contribution >= 0.6 is 23.2 Å². The van der Waals surface area contributed by atoms with Crippen LogP contribution in [0.15, 0.2) is 78.9 Å². The van der Waals surface area contributed by atoms with Gasteiger partial charge in [0.1, 0.15) is 18.0 Å². The van der Waals surface area contributed by atoms with E-state index in [0.29, 0.717) is 35.9 Å². The normalized spacial score (nSPS) is 12.0. The molecular weight excluding hydrogens is 597 g/mol. The van der Waals surface area contributed by atoms with Crippen LogP contribution in [0.3, 0.4) is 0 Å². The number of hydrogen-bond acceptors (Lipinski definition) is 6. The van der Waals surface area contributed by atoms with Crippen LogP contribution in [-0.2, 0) is 19.1 Å². The number of esters is 2. The fourth-order valence-corrected chi connectivity index (χ4v) is 5.01. The fourth-order valence-electron chi connectivity index (χ4n) is 4.76. The molecule has 3 aromatic carbocycles. The van der Waals surface area contributed by atoms with Crippen LogP contribution in [0.5, 0.6) is 5.75 Å². The van der Waals surface area contributed by atoms with Crippen molar-refractivity contribution in [1.29, 1.82) is 0 Å². The molecule has 0 aliphatic heterocycles. The molecule has 0 aliphatic carbocycles. The number of carbonyl (C=O) groups is 2. The molecule has 0 unspecified atom stereocenters. The van der Waals surface area contributed by atoms with Crippen molar-refractivity contribution in [1.82, 2.24) is 4.90 Å². The molecule has 6 nitrogen and oxygen atoms in total. The van der Waals surface area contributed by atoms with Crippen molar-refractivity contribution in [3.63, 3.8) is 0 Å². The van der Waals surface area contributed by atoms with Crippen LogP contribution in [0.4, 0.5) is 0 Å². The highest BCUT2D eigenvalue weighted by molar-refractivity contribution is 6.30. The van der Waals surface area contributed by atoms with Crippen LogP contribution in [0.2, 0.25) is 10.0 Å². The summed E-state index contributed by atoms with van der Waals surface area (Å²) in [7, 11) is 3.44. The summed E-state index contributed by atoms with van der Waals surface area (Å²) in [6.45, 7) is 7.60. The summed E-state index contributed by atoms with van der Waals surface area (Å²) in [5.41, 5.74) is 3.62. The second-order valence-electron chi connectivity index (χ2n) is 11.8. The second-order valence-corrected chi connectivity index (χ2v) is 12.6. The van der Waals surface area contributed by atoms with E-state index in [1.807, 2.05) is 69.3 Å². The molecule has 0 fully saturated rings. The highest BCUT2D eigenvalue weighted by Crippen LogP contribution is 2.28. The number of methoxy groups -OCH3 is 1. The van der Waals surface area contributed by atoms with Gasteiger partial charge in [-0.05, 0) is 106 Å². The summed E-state index contributed by atoms with van der Waals surface area (Å²) < 4.78 is 16.3. The van der Waals surface area contributed by atoms with E-state index in [9.17, 15) is 9.59 Å². The van der Waals surface area contributed by atoms with Gasteiger partial charge in [0.25, 0.3) is 0 Å². The summed E-state index contributed by atoms with van der Waals surface area (Å²) >= 11 is 12.3. The van der Waals surface area contributed by atoms with Gasteiger partial charge in [-0.1, -0.05) is 59.6 Å². The van der Waals surface area contributed by atoms with Gasteiger partial charge in [0.2, 0.25) is 0 Å². The molecule has 44 heavy (non-hydrogen) atoms. The summed E-state index contributed by atoms with van der Waals surface area (Å²) in [6, 6.07) is 23.6. The largest absolute Gasteiger partial charge is 0.492 e. The minimum Gasteiger partial charge on any atom is -0.492 e. The van der Waals surface area contributed by atoms with Gasteiger partial charge < -0.3 is 19.1 Å². The lowest BCUT2D eigenvalue weighted by Crippen LogP contribution is -2.29. The van der Waals surface area contributed by atoms with Crippen molar-refractivity contribution >= 4 is 40.7 Å². The van der Waals surface area contributed by atoms with Crippen molar-refractivity contribution in [2.45, 2.75) is 58.0 Å². The highest BCUT2D eigenvalue weighted by atomic mass is 35.5. The average Bonchev–Trinajstić information content (AvgIpc) is 2.98. The standard InChI is InChI=1S/C36H43Cl2NO5/c1-36(2,3)44-34(40)9-7-6-8-29(24-35(41)42-5)26-14-20-32(21-15-26)43-23-22-39(4)25-33(27-10-16-30(37)17-11-27)28-12-18-31(38)19-13-28/h10-21,24,33H,6-9,22-23,25H2,1-5H3/b29-24+. The first kappa shape index (κ1) is 35.2. The molecule has 3 rings (SSSR count). The molecule has 0 amide bonds. The zero-order valence-corrected chi connectivity index (χ0v) is 27.8. The van der Waals surface area contributed by atoms with Gasteiger partial charge in [0.05, 0.1) is 7.11 Å². The van der Waals surface area contributed by atoms with Crippen LogP contribution in [0.1, 0.15) is 69.1 Å². The zero-order chi connectivity index (χ0) is 32.1. The number of nitrogens with zero attached hydrogens (tertiary/aromatic N) is 1. The number of allylic oxidation sites excluding steroid dienone is 1. The van der Waals surface area contributed by atoms with Gasteiger partial charge in [-0.2, -0.15) is 0 Å². The maximum Gasteiger partial charge on any atom is 0.330 e. The predicted octanol–water partition coefficient (Wildman–Crippen LogP) is 8.59. The van der Waals surface area contributed by atoms with Crippen LogP contribution < -0.4 is 4.74 Å². The van der Waals surface area contributed by atoms with E-state index >= 15 is 0 Å². The number of rotatable bonds is 15. The van der Waals surface area contributed by atoms with Gasteiger partial charge in [-0.3, -0.25) is 4.79 Å². The molecule has 3 aromatic rings. The van der Waals surface area contributed by atoms with Gasteiger partial charge in [-0.25, -0.2) is 4.79 Å². The minimum absolute atomic E-state index is 0.151. The molecule has 0 spiro atoms. The lowest BCUT2D eigenvalue weighted by Gasteiger charge is -2.25. The molecule has 0 bridgehead atoms.